The molecule has 3 heteroatoms. The van der Waals surface area contributed by atoms with E-state index in [-0.39, 0.29) is 6.09 Å². The van der Waals surface area contributed by atoms with Gasteiger partial charge < -0.3 is 4.74 Å². The van der Waals surface area contributed by atoms with E-state index in [1.165, 1.54) is 0 Å². The molecule has 0 atom stereocenters. The second-order valence-corrected chi connectivity index (χ2v) is 4.30. The van der Waals surface area contributed by atoms with E-state index in [2.05, 4.69) is 6.58 Å². The fourth-order valence-electron chi connectivity index (χ4n) is 1.27. The van der Waals surface area contributed by atoms with E-state index in [0.717, 1.165) is 25.1 Å². The topological polar surface area (TPSA) is 29.5 Å². The predicted octanol–water partition coefficient (Wildman–Crippen LogP) is 2.53. The molecule has 0 radical (unpaired) electrons. The normalized spacial score (nSPS) is 17.8. The van der Waals surface area contributed by atoms with Gasteiger partial charge in [0, 0.05) is 12.2 Å². The van der Waals surface area contributed by atoms with E-state index in [1.54, 1.807) is 4.90 Å². The monoisotopic (exact) mass is 183 g/mol. The highest BCUT2D eigenvalue weighted by molar-refractivity contribution is 5.70. The van der Waals surface area contributed by atoms with Gasteiger partial charge in [-0.1, -0.05) is 6.58 Å². The summed E-state index contributed by atoms with van der Waals surface area (Å²) in [6.07, 6.45) is 1.63. The Kier molecular flexibility index (Phi) is 2.64. The van der Waals surface area contributed by atoms with Crippen LogP contribution in [-0.2, 0) is 4.74 Å². The zero-order valence-electron chi connectivity index (χ0n) is 8.59. The molecule has 0 N–H and O–H groups in total. The minimum Gasteiger partial charge on any atom is -0.443 e. The summed E-state index contributed by atoms with van der Waals surface area (Å²) in [6, 6.07) is 0. The fraction of sp³-hybridized carbons (Fsp3) is 0.700. The number of carbonyl (C=O) groups excluding carboxylic acids is 1. The zero-order valence-corrected chi connectivity index (χ0v) is 8.59. The van der Waals surface area contributed by atoms with Gasteiger partial charge in [-0.05, 0) is 33.6 Å². The summed E-state index contributed by atoms with van der Waals surface area (Å²) in [5.41, 5.74) is 0.453. The van der Waals surface area contributed by atoms with Gasteiger partial charge in [0.25, 0.3) is 0 Å². The van der Waals surface area contributed by atoms with E-state index in [4.69, 9.17) is 4.74 Å². The second-order valence-electron chi connectivity index (χ2n) is 4.30. The molecule has 0 saturated carbocycles. The van der Waals surface area contributed by atoms with Crippen LogP contribution in [0.25, 0.3) is 0 Å². The number of rotatable bonds is 0. The first-order chi connectivity index (χ1) is 5.90. The summed E-state index contributed by atoms with van der Waals surface area (Å²) < 4.78 is 5.22. The van der Waals surface area contributed by atoms with Gasteiger partial charge in [-0.2, -0.15) is 0 Å². The van der Waals surface area contributed by atoms with Crippen molar-refractivity contribution in [2.45, 2.75) is 39.2 Å². The fourth-order valence-corrected chi connectivity index (χ4v) is 1.27. The van der Waals surface area contributed by atoms with Crippen LogP contribution in [0.15, 0.2) is 12.3 Å². The van der Waals surface area contributed by atoms with Crippen molar-refractivity contribution < 1.29 is 9.53 Å². The summed E-state index contributed by atoms with van der Waals surface area (Å²) in [6.45, 7) is 10.2. The molecule has 0 aromatic heterocycles. The average Bonchev–Trinajstić information content (AvgIpc) is 2.30. The Labute approximate surface area is 79.4 Å². The van der Waals surface area contributed by atoms with E-state index in [9.17, 15) is 4.79 Å². The molecule has 1 heterocycles. The van der Waals surface area contributed by atoms with E-state index in [0.29, 0.717) is 0 Å². The van der Waals surface area contributed by atoms with Crippen LogP contribution in [0.5, 0.6) is 0 Å². The Morgan fingerprint density at radius 2 is 2.15 bits per heavy atom. The summed E-state index contributed by atoms with van der Waals surface area (Å²) in [5, 5.41) is 0. The van der Waals surface area contributed by atoms with Gasteiger partial charge in [-0.3, -0.25) is 4.90 Å². The van der Waals surface area contributed by atoms with Gasteiger partial charge >= 0.3 is 6.09 Å². The minimum absolute atomic E-state index is 0.269. The van der Waals surface area contributed by atoms with Gasteiger partial charge in [0.15, 0.2) is 0 Å². The maximum Gasteiger partial charge on any atom is 0.414 e. The summed E-state index contributed by atoms with van der Waals surface area (Å²) in [5.74, 6) is 0. The lowest BCUT2D eigenvalue weighted by Gasteiger charge is -2.24. The molecule has 1 fully saturated rings. The van der Waals surface area contributed by atoms with Gasteiger partial charge in [0.1, 0.15) is 5.60 Å². The van der Waals surface area contributed by atoms with Crippen LogP contribution in [0.2, 0.25) is 0 Å². The molecule has 0 unspecified atom stereocenters. The molecule has 0 bridgehead atoms. The Bertz CT molecular complexity index is 228. The SMILES string of the molecule is C=C1CCCN1C(=O)OC(C)(C)C. The summed E-state index contributed by atoms with van der Waals surface area (Å²) in [4.78, 5) is 13.1. The van der Waals surface area contributed by atoms with Crippen LogP contribution in [0.1, 0.15) is 33.6 Å². The standard InChI is InChI=1S/C10H17NO2/c1-8-6-5-7-11(8)9(12)13-10(2,3)4/h1,5-7H2,2-4H3. The molecule has 0 aliphatic carbocycles. The first kappa shape index (κ1) is 10.1. The number of ether oxygens (including phenoxy) is 1. The van der Waals surface area contributed by atoms with Crippen molar-refractivity contribution in [3.8, 4) is 0 Å². The number of likely N-dealkylation sites (tertiary alicyclic amines) is 1. The summed E-state index contributed by atoms with van der Waals surface area (Å²) in [7, 11) is 0. The van der Waals surface area contributed by atoms with Crippen molar-refractivity contribution in [2.24, 2.45) is 0 Å². The number of hydrogen-bond acceptors (Lipinski definition) is 2. The van der Waals surface area contributed by atoms with Crippen LogP contribution in [0, 0.1) is 0 Å². The van der Waals surface area contributed by atoms with Gasteiger partial charge in [0.2, 0.25) is 0 Å². The van der Waals surface area contributed by atoms with Crippen LogP contribution in [0.4, 0.5) is 4.79 Å². The molecule has 13 heavy (non-hydrogen) atoms. The van der Waals surface area contributed by atoms with Crippen molar-refractivity contribution in [3.05, 3.63) is 12.3 Å². The van der Waals surface area contributed by atoms with E-state index >= 15 is 0 Å². The molecule has 1 saturated heterocycles. The number of hydrogen-bond donors (Lipinski definition) is 0. The van der Waals surface area contributed by atoms with Gasteiger partial charge in [-0.25, -0.2) is 4.79 Å². The Hall–Kier alpha value is -0.990. The smallest absolute Gasteiger partial charge is 0.414 e. The second kappa shape index (κ2) is 3.40. The first-order valence-electron chi connectivity index (χ1n) is 4.58. The average molecular weight is 183 g/mol. The lowest BCUT2D eigenvalue weighted by molar-refractivity contribution is 0.0339. The molecule has 74 valence electrons. The Morgan fingerprint density at radius 1 is 1.54 bits per heavy atom. The first-order valence-corrected chi connectivity index (χ1v) is 4.58. The number of amides is 1. The van der Waals surface area contributed by atoms with Crippen molar-refractivity contribution in [1.29, 1.82) is 0 Å². The zero-order chi connectivity index (χ0) is 10.1. The van der Waals surface area contributed by atoms with Gasteiger partial charge in [0.05, 0.1) is 0 Å². The molecule has 0 spiro atoms. The lowest BCUT2D eigenvalue weighted by atomic mass is 10.2. The molecule has 0 aromatic carbocycles. The quantitative estimate of drug-likeness (QED) is 0.577. The highest BCUT2D eigenvalue weighted by Gasteiger charge is 2.26. The minimum atomic E-state index is -0.417. The highest BCUT2D eigenvalue weighted by Crippen LogP contribution is 2.21. The number of allylic oxidation sites excluding steroid dienone is 1. The molecule has 0 aromatic rings. The number of nitrogens with zero attached hydrogens (tertiary/aromatic N) is 1. The van der Waals surface area contributed by atoms with Crippen LogP contribution >= 0.6 is 0 Å². The van der Waals surface area contributed by atoms with Crippen LogP contribution in [0.3, 0.4) is 0 Å². The molecule has 1 aliphatic rings. The summed E-state index contributed by atoms with van der Waals surface area (Å²) >= 11 is 0. The van der Waals surface area contributed by atoms with Crippen LogP contribution < -0.4 is 0 Å². The molecule has 1 amide bonds. The van der Waals surface area contributed by atoms with E-state index in [1.807, 2.05) is 20.8 Å². The Balaban J connectivity index is 2.53. The molecule has 1 rings (SSSR count). The molecule has 1 aliphatic heterocycles. The third-order valence-corrected chi connectivity index (χ3v) is 1.84. The predicted molar refractivity (Wildman–Crippen MR) is 51.3 cm³/mol. The maximum absolute atomic E-state index is 11.5. The maximum atomic E-state index is 11.5. The van der Waals surface area contributed by atoms with Crippen molar-refractivity contribution in [3.63, 3.8) is 0 Å². The third kappa shape index (κ3) is 2.76. The van der Waals surface area contributed by atoms with Crippen molar-refractivity contribution in [2.75, 3.05) is 6.54 Å². The van der Waals surface area contributed by atoms with Gasteiger partial charge in [-0.15, -0.1) is 0 Å². The molecular formula is C10H17NO2. The van der Waals surface area contributed by atoms with E-state index < -0.39 is 5.60 Å². The molecule has 3 nitrogen and oxygen atoms in total. The third-order valence-electron chi connectivity index (χ3n) is 1.84. The largest absolute Gasteiger partial charge is 0.443 e. The Morgan fingerprint density at radius 3 is 2.54 bits per heavy atom. The van der Waals surface area contributed by atoms with Crippen molar-refractivity contribution in [1.82, 2.24) is 4.90 Å². The lowest BCUT2D eigenvalue weighted by Crippen LogP contribution is -2.33. The van der Waals surface area contributed by atoms with Crippen molar-refractivity contribution >= 4 is 6.09 Å². The highest BCUT2D eigenvalue weighted by atomic mass is 16.6. The number of carbonyl (C=O) groups is 1. The molecular weight excluding hydrogens is 166 g/mol. The van der Waals surface area contributed by atoms with Crippen LogP contribution in [-0.4, -0.2) is 23.1 Å².